The summed E-state index contributed by atoms with van der Waals surface area (Å²) in [5.74, 6) is 0.467. The molecule has 0 fully saturated rings. The molecular formula is C17H19NO2. The van der Waals surface area contributed by atoms with Crippen LogP contribution in [0.4, 0.5) is 0 Å². The van der Waals surface area contributed by atoms with Gasteiger partial charge >= 0.3 is 0 Å². The molecule has 0 saturated heterocycles. The second kappa shape index (κ2) is 7.43. The normalized spacial score (nSPS) is 10.2. The van der Waals surface area contributed by atoms with E-state index < -0.39 is 0 Å². The number of pyridine rings is 1. The predicted octanol–water partition coefficient (Wildman–Crippen LogP) is 3.88. The third-order valence-electron chi connectivity index (χ3n) is 3.03. The van der Waals surface area contributed by atoms with Crippen LogP contribution in [0.25, 0.3) is 0 Å². The fraction of sp³-hybridized carbons (Fsp3) is 0.294. The Morgan fingerprint density at radius 1 is 1.10 bits per heavy atom. The Morgan fingerprint density at radius 2 is 1.90 bits per heavy atom. The lowest BCUT2D eigenvalue weighted by molar-refractivity contribution is 0.103. The first-order valence-electron chi connectivity index (χ1n) is 7.00. The molecule has 3 heteroatoms. The minimum Gasteiger partial charge on any atom is -0.491 e. The number of ketones is 1. The molecule has 0 radical (unpaired) electrons. The summed E-state index contributed by atoms with van der Waals surface area (Å²) in [5, 5.41) is 0. The Hall–Kier alpha value is -2.16. The van der Waals surface area contributed by atoms with Crippen molar-refractivity contribution in [1.29, 1.82) is 0 Å². The lowest BCUT2D eigenvalue weighted by Crippen LogP contribution is -2.08. The minimum absolute atomic E-state index is 0.100. The van der Waals surface area contributed by atoms with Crippen LogP contribution in [0.3, 0.4) is 0 Å². The van der Waals surface area contributed by atoms with Gasteiger partial charge in [-0.1, -0.05) is 50.1 Å². The smallest absolute Gasteiger partial charge is 0.215 e. The standard InChI is InChI=1S/C17H19NO2/c1-2-3-7-13-20-15-11-8-12-18-16(15)17(19)14-9-5-4-6-10-14/h4-6,8-12H,2-3,7,13H2,1H3. The van der Waals surface area contributed by atoms with Crippen LogP contribution >= 0.6 is 0 Å². The van der Waals surface area contributed by atoms with E-state index in [2.05, 4.69) is 11.9 Å². The van der Waals surface area contributed by atoms with Crippen LogP contribution in [-0.4, -0.2) is 17.4 Å². The lowest BCUT2D eigenvalue weighted by Gasteiger charge is -2.09. The molecule has 0 aliphatic carbocycles. The van der Waals surface area contributed by atoms with Crippen LogP contribution < -0.4 is 4.74 Å². The lowest BCUT2D eigenvalue weighted by atomic mass is 10.1. The zero-order valence-electron chi connectivity index (χ0n) is 11.7. The Kier molecular flexibility index (Phi) is 5.30. The van der Waals surface area contributed by atoms with E-state index in [0.717, 1.165) is 19.3 Å². The van der Waals surface area contributed by atoms with Crippen LogP contribution in [-0.2, 0) is 0 Å². The SMILES string of the molecule is CCCCCOc1cccnc1C(=O)c1ccccc1. The molecule has 0 aliphatic rings. The highest BCUT2D eigenvalue weighted by atomic mass is 16.5. The maximum atomic E-state index is 12.4. The van der Waals surface area contributed by atoms with Crippen LogP contribution in [0.1, 0.15) is 42.2 Å². The molecule has 0 amide bonds. The van der Waals surface area contributed by atoms with E-state index in [1.165, 1.54) is 0 Å². The van der Waals surface area contributed by atoms with Crippen molar-refractivity contribution in [2.75, 3.05) is 6.61 Å². The number of ether oxygens (including phenoxy) is 1. The summed E-state index contributed by atoms with van der Waals surface area (Å²) >= 11 is 0. The number of unbranched alkanes of at least 4 members (excludes halogenated alkanes) is 2. The Balaban J connectivity index is 2.13. The molecule has 1 aromatic heterocycles. The van der Waals surface area contributed by atoms with E-state index in [9.17, 15) is 4.79 Å². The second-order valence-electron chi connectivity index (χ2n) is 4.60. The quantitative estimate of drug-likeness (QED) is 0.565. The zero-order chi connectivity index (χ0) is 14.2. The molecule has 0 aliphatic heterocycles. The fourth-order valence-corrected chi connectivity index (χ4v) is 1.94. The van der Waals surface area contributed by atoms with E-state index in [4.69, 9.17) is 4.74 Å². The Bertz CT molecular complexity index is 552. The maximum absolute atomic E-state index is 12.4. The molecule has 2 aromatic rings. The minimum atomic E-state index is -0.100. The number of benzene rings is 1. The number of nitrogens with zero attached hydrogens (tertiary/aromatic N) is 1. The highest BCUT2D eigenvalue weighted by Gasteiger charge is 2.15. The first kappa shape index (κ1) is 14.3. The van der Waals surface area contributed by atoms with Gasteiger partial charge in [-0.3, -0.25) is 4.79 Å². The summed E-state index contributed by atoms with van der Waals surface area (Å²) in [7, 11) is 0. The van der Waals surface area contributed by atoms with Crippen LogP contribution in [0.2, 0.25) is 0 Å². The molecule has 2 rings (SSSR count). The highest BCUT2D eigenvalue weighted by Crippen LogP contribution is 2.19. The molecule has 0 spiro atoms. The van der Waals surface area contributed by atoms with Crippen molar-refractivity contribution >= 4 is 5.78 Å². The van der Waals surface area contributed by atoms with E-state index in [0.29, 0.717) is 23.6 Å². The summed E-state index contributed by atoms with van der Waals surface area (Å²) in [4.78, 5) is 16.6. The third kappa shape index (κ3) is 3.67. The second-order valence-corrected chi connectivity index (χ2v) is 4.60. The Morgan fingerprint density at radius 3 is 2.65 bits per heavy atom. The van der Waals surface area contributed by atoms with Gasteiger partial charge in [-0.05, 0) is 18.6 Å². The first-order valence-corrected chi connectivity index (χ1v) is 7.00. The zero-order valence-corrected chi connectivity index (χ0v) is 11.7. The van der Waals surface area contributed by atoms with Gasteiger partial charge in [0.25, 0.3) is 0 Å². The van der Waals surface area contributed by atoms with Crippen molar-refractivity contribution in [2.24, 2.45) is 0 Å². The van der Waals surface area contributed by atoms with Gasteiger partial charge in [0, 0.05) is 11.8 Å². The van der Waals surface area contributed by atoms with Crippen molar-refractivity contribution in [1.82, 2.24) is 4.98 Å². The van der Waals surface area contributed by atoms with E-state index in [-0.39, 0.29) is 5.78 Å². The summed E-state index contributed by atoms with van der Waals surface area (Å²) in [6.07, 6.45) is 4.88. The monoisotopic (exact) mass is 269 g/mol. The van der Waals surface area contributed by atoms with Gasteiger partial charge in [0.05, 0.1) is 6.61 Å². The van der Waals surface area contributed by atoms with Crippen LogP contribution in [0.15, 0.2) is 48.7 Å². The van der Waals surface area contributed by atoms with E-state index >= 15 is 0 Å². The summed E-state index contributed by atoms with van der Waals surface area (Å²) in [6, 6.07) is 12.7. The van der Waals surface area contributed by atoms with Gasteiger partial charge in [0.1, 0.15) is 5.75 Å². The molecule has 0 unspecified atom stereocenters. The van der Waals surface area contributed by atoms with Crippen LogP contribution in [0.5, 0.6) is 5.75 Å². The molecule has 3 nitrogen and oxygen atoms in total. The van der Waals surface area contributed by atoms with Gasteiger partial charge in [0.15, 0.2) is 5.69 Å². The van der Waals surface area contributed by atoms with E-state index in [1.807, 2.05) is 18.2 Å². The molecule has 104 valence electrons. The molecule has 1 aromatic carbocycles. The molecule has 0 atom stereocenters. The number of carbonyl (C=O) groups is 1. The topological polar surface area (TPSA) is 39.2 Å². The fourth-order valence-electron chi connectivity index (χ4n) is 1.94. The summed E-state index contributed by atoms with van der Waals surface area (Å²) in [6.45, 7) is 2.77. The van der Waals surface area contributed by atoms with E-state index in [1.54, 1.807) is 30.5 Å². The number of hydrogen-bond donors (Lipinski definition) is 0. The summed E-state index contributed by atoms with van der Waals surface area (Å²) in [5.41, 5.74) is 1.01. The average Bonchev–Trinajstić information content (AvgIpc) is 2.52. The molecule has 1 heterocycles. The maximum Gasteiger partial charge on any atom is 0.215 e. The van der Waals surface area contributed by atoms with Crippen molar-refractivity contribution < 1.29 is 9.53 Å². The van der Waals surface area contributed by atoms with Gasteiger partial charge < -0.3 is 4.74 Å². The Labute approximate surface area is 119 Å². The van der Waals surface area contributed by atoms with Crippen LogP contribution in [0, 0.1) is 0 Å². The highest BCUT2D eigenvalue weighted by molar-refractivity contribution is 6.09. The third-order valence-corrected chi connectivity index (χ3v) is 3.03. The number of hydrogen-bond acceptors (Lipinski definition) is 3. The van der Waals surface area contributed by atoms with Crippen molar-refractivity contribution in [2.45, 2.75) is 26.2 Å². The molecule has 0 saturated carbocycles. The molecular weight excluding hydrogens is 250 g/mol. The van der Waals surface area contributed by atoms with Crippen molar-refractivity contribution in [3.05, 3.63) is 59.9 Å². The molecule has 0 N–H and O–H groups in total. The largest absolute Gasteiger partial charge is 0.491 e. The number of rotatable bonds is 7. The van der Waals surface area contributed by atoms with Crippen molar-refractivity contribution in [3.63, 3.8) is 0 Å². The van der Waals surface area contributed by atoms with Gasteiger partial charge in [0.2, 0.25) is 5.78 Å². The van der Waals surface area contributed by atoms with Crippen molar-refractivity contribution in [3.8, 4) is 5.75 Å². The van der Waals surface area contributed by atoms with Gasteiger partial charge in [-0.2, -0.15) is 0 Å². The average molecular weight is 269 g/mol. The summed E-state index contributed by atoms with van der Waals surface area (Å²) < 4.78 is 5.70. The molecule has 20 heavy (non-hydrogen) atoms. The van der Waals surface area contributed by atoms with Gasteiger partial charge in [-0.25, -0.2) is 4.98 Å². The van der Waals surface area contributed by atoms with Gasteiger partial charge in [-0.15, -0.1) is 0 Å². The number of aromatic nitrogens is 1. The molecule has 0 bridgehead atoms. The number of carbonyl (C=O) groups excluding carboxylic acids is 1. The predicted molar refractivity (Wildman–Crippen MR) is 79.1 cm³/mol. The first-order chi connectivity index (χ1) is 9.83.